The summed E-state index contributed by atoms with van der Waals surface area (Å²) in [5.41, 5.74) is 3.83. The number of nitrogens with zero attached hydrogens (tertiary/aromatic N) is 1. The van der Waals surface area contributed by atoms with Crippen molar-refractivity contribution in [3.8, 4) is 0 Å². The summed E-state index contributed by atoms with van der Waals surface area (Å²) in [4.78, 5) is 2.25. The van der Waals surface area contributed by atoms with Crippen molar-refractivity contribution in [3.05, 3.63) is 108 Å². The highest BCUT2D eigenvalue weighted by molar-refractivity contribution is 5.49. The number of hydrogen-bond acceptors (Lipinski definition) is 1. The van der Waals surface area contributed by atoms with Gasteiger partial charge in [-0.3, -0.25) is 0 Å². The largest absolute Gasteiger partial charge is 0.307 e. The quantitative estimate of drug-likeness (QED) is 0.513. The third kappa shape index (κ3) is 4.83. The second-order valence-electron chi connectivity index (χ2n) is 6.71. The summed E-state index contributed by atoms with van der Waals surface area (Å²) in [6, 6.07) is 32.1. The molecule has 0 bridgehead atoms. The third-order valence-corrected chi connectivity index (χ3v) is 5.13. The molecule has 0 amide bonds. The van der Waals surface area contributed by atoms with Crippen LogP contribution in [0.5, 0.6) is 0 Å². The molecule has 0 radical (unpaired) electrons. The molecule has 0 heterocycles. The van der Waals surface area contributed by atoms with Crippen LogP contribution in [0.25, 0.3) is 0 Å². The van der Waals surface area contributed by atoms with Gasteiger partial charge in [-0.15, -0.1) is 0 Å². The van der Waals surface area contributed by atoms with Crippen molar-refractivity contribution in [2.45, 2.75) is 26.2 Å². The predicted molar refractivity (Wildman–Crippen MR) is 114 cm³/mol. The Labute approximate surface area is 159 Å². The highest BCUT2D eigenvalue weighted by Gasteiger charge is 2.30. The Morgan fingerprint density at radius 1 is 0.577 bits per heavy atom. The Bertz CT molecular complexity index is 634. The van der Waals surface area contributed by atoms with Crippen LogP contribution in [0, 0.1) is 0 Å². The van der Waals surface area contributed by atoms with E-state index in [0.717, 1.165) is 13.1 Å². The number of rotatable bonds is 5. The summed E-state index contributed by atoms with van der Waals surface area (Å²) in [5.74, 6) is 0. The Morgan fingerprint density at radius 2 is 0.846 bits per heavy atom. The molecule has 0 aliphatic carbocycles. The first kappa shape index (κ1) is 19.9. The molecule has 1 nitrogen and oxygen atoms in total. The molecule has 0 fully saturated rings. The summed E-state index contributed by atoms with van der Waals surface area (Å²) in [7, 11) is 2.11. The SMILES string of the molecule is CC(c1ccccc1)(c1ccccc1)c1ccccc1.CCN(C)CC. The minimum Gasteiger partial charge on any atom is -0.307 e. The van der Waals surface area contributed by atoms with Gasteiger partial charge in [0, 0.05) is 5.41 Å². The summed E-state index contributed by atoms with van der Waals surface area (Å²) in [6.45, 7) is 8.94. The molecule has 0 aromatic heterocycles. The molecule has 0 aliphatic rings. The predicted octanol–water partition coefficient (Wildman–Crippen LogP) is 6.00. The Hall–Kier alpha value is -2.38. The van der Waals surface area contributed by atoms with Crippen LogP contribution in [-0.2, 0) is 5.41 Å². The fraction of sp³-hybridized carbons (Fsp3) is 0.280. The Kier molecular flexibility index (Phi) is 7.62. The van der Waals surface area contributed by atoms with Crippen LogP contribution < -0.4 is 0 Å². The van der Waals surface area contributed by atoms with Crippen molar-refractivity contribution in [1.29, 1.82) is 0 Å². The average molecular weight is 346 g/mol. The summed E-state index contributed by atoms with van der Waals surface area (Å²) < 4.78 is 0. The summed E-state index contributed by atoms with van der Waals surface area (Å²) in [5, 5.41) is 0. The molecule has 0 atom stereocenters. The van der Waals surface area contributed by atoms with Crippen LogP contribution in [0.3, 0.4) is 0 Å². The molecule has 26 heavy (non-hydrogen) atoms. The molecule has 0 N–H and O–H groups in total. The summed E-state index contributed by atoms with van der Waals surface area (Å²) in [6.07, 6.45) is 0. The minimum atomic E-state index is -0.121. The van der Waals surface area contributed by atoms with E-state index >= 15 is 0 Å². The molecule has 0 aliphatic heterocycles. The van der Waals surface area contributed by atoms with Crippen molar-refractivity contribution >= 4 is 0 Å². The van der Waals surface area contributed by atoms with Gasteiger partial charge in [-0.1, -0.05) is 105 Å². The van der Waals surface area contributed by atoms with E-state index in [1.807, 2.05) is 0 Å². The third-order valence-electron chi connectivity index (χ3n) is 5.13. The van der Waals surface area contributed by atoms with Crippen molar-refractivity contribution < 1.29 is 0 Å². The van der Waals surface area contributed by atoms with Crippen LogP contribution in [0.1, 0.15) is 37.5 Å². The summed E-state index contributed by atoms with van der Waals surface area (Å²) >= 11 is 0. The van der Waals surface area contributed by atoms with E-state index in [4.69, 9.17) is 0 Å². The highest BCUT2D eigenvalue weighted by Crippen LogP contribution is 2.38. The lowest BCUT2D eigenvalue weighted by molar-refractivity contribution is 0.373. The van der Waals surface area contributed by atoms with Gasteiger partial charge < -0.3 is 4.90 Å². The lowest BCUT2D eigenvalue weighted by atomic mass is 9.71. The molecule has 0 spiro atoms. The van der Waals surface area contributed by atoms with Crippen molar-refractivity contribution in [2.75, 3.05) is 20.1 Å². The van der Waals surface area contributed by atoms with Gasteiger partial charge >= 0.3 is 0 Å². The van der Waals surface area contributed by atoms with Gasteiger partial charge in [0.15, 0.2) is 0 Å². The van der Waals surface area contributed by atoms with Gasteiger partial charge in [0.1, 0.15) is 0 Å². The zero-order valence-corrected chi connectivity index (χ0v) is 16.5. The van der Waals surface area contributed by atoms with Crippen LogP contribution in [-0.4, -0.2) is 25.0 Å². The second kappa shape index (κ2) is 9.94. The topological polar surface area (TPSA) is 3.24 Å². The maximum atomic E-state index is 2.30. The lowest BCUT2D eigenvalue weighted by Gasteiger charge is -2.31. The fourth-order valence-electron chi connectivity index (χ4n) is 3.04. The van der Waals surface area contributed by atoms with E-state index in [-0.39, 0.29) is 5.41 Å². The van der Waals surface area contributed by atoms with Crippen LogP contribution in [0.4, 0.5) is 0 Å². The van der Waals surface area contributed by atoms with Crippen LogP contribution >= 0.6 is 0 Å². The molecule has 3 rings (SSSR count). The first-order chi connectivity index (χ1) is 12.6. The standard InChI is InChI=1S/C20H18.C5H13N/c1-20(17-11-5-2-6-12-17,18-13-7-3-8-14-18)19-15-9-4-10-16-19;1-4-6(3)5-2/h2-16H,1H3;4-5H2,1-3H3. The van der Waals surface area contributed by atoms with E-state index in [1.165, 1.54) is 16.7 Å². The Balaban J connectivity index is 0.000000352. The molecule has 3 aromatic carbocycles. The first-order valence-corrected chi connectivity index (χ1v) is 9.48. The van der Waals surface area contributed by atoms with Crippen molar-refractivity contribution in [2.24, 2.45) is 0 Å². The normalized spacial score (nSPS) is 11.0. The second-order valence-corrected chi connectivity index (χ2v) is 6.71. The van der Waals surface area contributed by atoms with E-state index < -0.39 is 0 Å². The number of hydrogen-bond donors (Lipinski definition) is 0. The van der Waals surface area contributed by atoms with E-state index in [1.54, 1.807) is 0 Å². The monoisotopic (exact) mass is 345 g/mol. The van der Waals surface area contributed by atoms with Crippen LogP contribution in [0.15, 0.2) is 91.0 Å². The molecule has 136 valence electrons. The van der Waals surface area contributed by atoms with Gasteiger partial charge in [-0.25, -0.2) is 0 Å². The van der Waals surface area contributed by atoms with Gasteiger partial charge in [-0.2, -0.15) is 0 Å². The molecular weight excluding hydrogens is 314 g/mol. The maximum Gasteiger partial charge on any atom is 0.0423 e. The molecular formula is C25H31N. The maximum absolute atomic E-state index is 2.30. The van der Waals surface area contributed by atoms with E-state index in [0.29, 0.717) is 0 Å². The smallest absolute Gasteiger partial charge is 0.0423 e. The zero-order valence-electron chi connectivity index (χ0n) is 16.5. The highest BCUT2D eigenvalue weighted by atomic mass is 15.1. The molecule has 3 aromatic rings. The van der Waals surface area contributed by atoms with Gasteiger partial charge in [0.2, 0.25) is 0 Å². The van der Waals surface area contributed by atoms with E-state index in [9.17, 15) is 0 Å². The zero-order chi connectivity index (χ0) is 18.8. The molecule has 0 saturated heterocycles. The molecule has 0 unspecified atom stereocenters. The van der Waals surface area contributed by atoms with Crippen molar-refractivity contribution in [1.82, 2.24) is 4.90 Å². The van der Waals surface area contributed by atoms with Crippen LogP contribution in [0.2, 0.25) is 0 Å². The van der Waals surface area contributed by atoms with Crippen molar-refractivity contribution in [3.63, 3.8) is 0 Å². The number of benzene rings is 3. The lowest BCUT2D eigenvalue weighted by Crippen LogP contribution is -2.25. The van der Waals surface area contributed by atoms with Gasteiger partial charge in [0.25, 0.3) is 0 Å². The molecule has 0 saturated carbocycles. The van der Waals surface area contributed by atoms with Gasteiger partial charge in [0.05, 0.1) is 0 Å². The van der Waals surface area contributed by atoms with E-state index in [2.05, 4.69) is 124 Å². The fourth-order valence-corrected chi connectivity index (χ4v) is 3.04. The molecule has 1 heteroatoms. The van der Waals surface area contributed by atoms with Gasteiger partial charge in [-0.05, 0) is 43.8 Å². The average Bonchev–Trinajstić information content (AvgIpc) is 2.75. The first-order valence-electron chi connectivity index (χ1n) is 9.48. The Morgan fingerprint density at radius 3 is 1.04 bits per heavy atom. The minimum absolute atomic E-state index is 0.121.